The number of non-ortho nitro benzene ring substituents is 1. The average Bonchev–Trinajstić information content (AvgIpc) is 2.61. The summed E-state index contributed by atoms with van der Waals surface area (Å²) in [7, 11) is 2.00. The molecule has 0 spiro atoms. The van der Waals surface area contributed by atoms with Gasteiger partial charge in [0, 0.05) is 43.5 Å². The average molecular weight is 361 g/mol. The van der Waals surface area contributed by atoms with Gasteiger partial charge in [0.05, 0.1) is 4.92 Å². The Labute approximate surface area is 149 Å². The van der Waals surface area contributed by atoms with Crippen molar-refractivity contribution < 1.29 is 24.7 Å². The van der Waals surface area contributed by atoms with Crippen molar-refractivity contribution in [2.24, 2.45) is 0 Å². The Bertz CT molecular complexity index is 739. The van der Waals surface area contributed by atoms with Crippen molar-refractivity contribution in [2.75, 3.05) is 13.6 Å². The summed E-state index contributed by atoms with van der Waals surface area (Å²) in [6.07, 6.45) is 2.65. The van der Waals surface area contributed by atoms with E-state index in [1.165, 1.54) is 6.07 Å². The minimum Gasteiger partial charge on any atom is -0.473 e. The molecule has 0 amide bonds. The number of hydrogen-bond acceptors (Lipinski definition) is 6. The first-order valence-electron chi connectivity index (χ1n) is 7.57. The van der Waals surface area contributed by atoms with Crippen LogP contribution in [0.5, 0.6) is 0 Å². The maximum absolute atomic E-state index is 10.7. The van der Waals surface area contributed by atoms with Crippen molar-refractivity contribution >= 4 is 17.6 Å². The normalized spacial score (nSPS) is 9.92. The van der Waals surface area contributed by atoms with Crippen molar-refractivity contribution in [2.45, 2.75) is 13.0 Å². The summed E-state index contributed by atoms with van der Waals surface area (Å²) in [5.74, 6) is -3.65. The Morgan fingerprint density at radius 3 is 2.38 bits per heavy atom. The highest BCUT2D eigenvalue weighted by atomic mass is 16.6. The number of nitro benzene ring substituents is 1. The number of aromatic nitrogens is 1. The molecular formula is C17H19N3O6. The van der Waals surface area contributed by atoms with Crippen LogP contribution in [0.4, 0.5) is 5.69 Å². The fourth-order valence-corrected chi connectivity index (χ4v) is 2.01. The molecule has 0 saturated heterocycles. The van der Waals surface area contributed by atoms with E-state index < -0.39 is 11.9 Å². The number of carbonyl (C=O) groups is 2. The van der Waals surface area contributed by atoms with Crippen LogP contribution < -0.4 is 0 Å². The van der Waals surface area contributed by atoms with Crippen LogP contribution in [0, 0.1) is 10.1 Å². The molecule has 0 fully saturated rings. The fraction of sp³-hybridized carbons (Fsp3) is 0.235. The van der Waals surface area contributed by atoms with Gasteiger partial charge < -0.3 is 15.1 Å². The molecular weight excluding hydrogens is 342 g/mol. The zero-order valence-electron chi connectivity index (χ0n) is 14.1. The second-order valence-electron chi connectivity index (χ2n) is 5.35. The summed E-state index contributed by atoms with van der Waals surface area (Å²) in [5, 5.41) is 25.5. The molecule has 9 nitrogen and oxygen atoms in total. The predicted octanol–water partition coefficient (Wildman–Crippen LogP) is 1.82. The molecule has 26 heavy (non-hydrogen) atoms. The smallest absolute Gasteiger partial charge is 0.414 e. The van der Waals surface area contributed by atoms with Crippen LogP contribution in [0.1, 0.15) is 11.3 Å². The highest BCUT2D eigenvalue weighted by Gasteiger charge is 2.07. The van der Waals surface area contributed by atoms with Gasteiger partial charge in [0.15, 0.2) is 0 Å². The molecule has 0 radical (unpaired) electrons. The number of pyridine rings is 1. The molecule has 138 valence electrons. The van der Waals surface area contributed by atoms with Gasteiger partial charge in [-0.05, 0) is 24.7 Å². The monoisotopic (exact) mass is 361 g/mol. The maximum Gasteiger partial charge on any atom is 0.414 e. The van der Waals surface area contributed by atoms with Gasteiger partial charge in [0.25, 0.3) is 5.69 Å². The van der Waals surface area contributed by atoms with Crippen LogP contribution >= 0.6 is 0 Å². The first kappa shape index (κ1) is 20.7. The topological polar surface area (TPSA) is 134 Å². The Morgan fingerprint density at radius 1 is 1.15 bits per heavy atom. The SMILES string of the molecule is CN(CCc1ccccn1)Cc1cccc([N+](=O)[O-])c1.O=C(O)C(=O)O. The molecule has 0 aliphatic rings. The molecule has 0 aliphatic heterocycles. The van der Waals surface area contributed by atoms with E-state index in [9.17, 15) is 10.1 Å². The Morgan fingerprint density at radius 2 is 1.85 bits per heavy atom. The van der Waals surface area contributed by atoms with Crippen molar-refractivity contribution in [3.8, 4) is 0 Å². The summed E-state index contributed by atoms with van der Waals surface area (Å²) in [6, 6.07) is 12.6. The van der Waals surface area contributed by atoms with Crippen LogP contribution in [0.25, 0.3) is 0 Å². The maximum atomic E-state index is 10.7. The molecule has 0 bridgehead atoms. The Hall–Kier alpha value is -3.33. The zero-order chi connectivity index (χ0) is 19.5. The van der Waals surface area contributed by atoms with E-state index in [4.69, 9.17) is 19.8 Å². The summed E-state index contributed by atoms with van der Waals surface area (Å²) >= 11 is 0. The number of benzene rings is 1. The third kappa shape index (κ3) is 7.97. The van der Waals surface area contributed by atoms with E-state index in [-0.39, 0.29) is 10.6 Å². The number of rotatable bonds is 6. The van der Waals surface area contributed by atoms with E-state index in [0.717, 1.165) is 24.2 Å². The molecule has 2 N–H and O–H groups in total. The first-order valence-corrected chi connectivity index (χ1v) is 7.57. The largest absolute Gasteiger partial charge is 0.473 e. The lowest BCUT2D eigenvalue weighted by Gasteiger charge is -2.16. The van der Waals surface area contributed by atoms with Gasteiger partial charge in [0.2, 0.25) is 0 Å². The summed E-state index contributed by atoms with van der Waals surface area (Å²) in [5.41, 5.74) is 2.14. The van der Waals surface area contributed by atoms with Crippen LogP contribution in [0.15, 0.2) is 48.7 Å². The molecule has 0 aliphatic carbocycles. The first-order chi connectivity index (χ1) is 12.3. The lowest BCUT2D eigenvalue weighted by atomic mass is 10.2. The molecule has 2 rings (SSSR count). The molecule has 0 atom stereocenters. The molecule has 1 aromatic carbocycles. The fourth-order valence-electron chi connectivity index (χ4n) is 2.01. The highest BCUT2D eigenvalue weighted by Crippen LogP contribution is 2.14. The minimum absolute atomic E-state index is 0.139. The Balaban J connectivity index is 0.000000487. The van der Waals surface area contributed by atoms with Crippen molar-refractivity contribution in [3.63, 3.8) is 0 Å². The zero-order valence-corrected chi connectivity index (χ0v) is 14.1. The number of nitro groups is 1. The van der Waals surface area contributed by atoms with E-state index in [1.54, 1.807) is 18.3 Å². The quantitative estimate of drug-likeness (QED) is 0.452. The van der Waals surface area contributed by atoms with E-state index in [0.29, 0.717) is 6.54 Å². The molecule has 1 aromatic heterocycles. The van der Waals surface area contributed by atoms with Gasteiger partial charge in [-0.3, -0.25) is 15.1 Å². The predicted molar refractivity (Wildman–Crippen MR) is 92.6 cm³/mol. The second kappa shape index (κ2) is 10.5. The number of likely N-dealkylation sites (N-methyl/N-ethyl adjacent to an activating group) is 1. The van der Waals surface area contributed by atoms with Crippen LogP contribution in [-0.2, 0) is 22.6 Å². The highest BCUT2D eigenvalue weighted by molar-refractivity contribution is 6.27. The number of carboxylic acids is 2. The molecule has 2 aromatic rings. The molecule has 1 heterocycles. The lowest BCUT2D eigenvalue weighted by Crippen LogP contribution is -2.21. The number of carboxylic acid groups (broad SMARTS) is 2. The van der Waals surface area contributed by atoms with Gasteiger partial charge >= 0.3 is 11.9 Å². The van der Waals surface area contributed by atoms with Crippen LogP contribution in [-0.4, -0.2) is 50.6 Å². The lowest BCUT2D eigenvalue weighted by molar-refractivity contribution is -0.384. The van der Waals surface area contributed by atoms with Crippen molar-refractivity contribution in [1.29, 1.82) is 0 Å². The third-order valence-corrected chi connectivity index (χ3v) is 3.23. The number of aliphatic carboxylic acids is 2. The summed E-state index contributed by atoms with van der Waals surface area (Å²) in [6.45, 7) is 1.55. The molecule has 0 saturated carbocycles. The van der Waals surface area contributed by atoms with Gasteiger partial charge in [0.1, 0.15) is 0 Å². The van der Waals surface area contributed by atoms with Crippen molar-refractivity contribution in [1.82, 2.24) is 9.88 Å². The van der Waals surface area contributed by atoms with E-state index in [1.807, 2.05) is 31.3 Å². The summed E-state index contributed by atoms with van der Waals surface area (Å²) < 4.78 is 0. The number of hydrogen-bond donors (Lipinski definition) is 2. The van der Waals surface area contributed by atoms with Gasteiger partial charge in [-0.2, -0.15) is 0 Å². The molecule has 0 unspecified atom stereocenters. The minimum atomic E-state index is -1.82. The van der Waals surface area contributed by atoms with Gasteiger partial charge in [-0.15, -0.1) is 0 Å². The Kier molecular flexibility index (Phi) is 8.38. The standard InChI is InChI=1S/C15H17N3O2.C2H2O4/c1-17(10-8-14-6-2-3-9-16-14)12-13-5-4-7-15(11-13)18(19)20;3-1(4)2(5)6/h2-7,9,11H,8,10,12H2,1H3;(H,3,4)(H,5,6). The number of nitrogens with zero attached hydrogens (tertiary/aromatic N) is 3. The van der Waals surface area contributed by atoms with E-state index >= 15 is 0 Å². The van der Waals surface area contributed by atoms with E-state index in [2.05, 4.69) is 9.88 Å². The second-order valence-corrected chi connectivity index (χ2v) is 5.35. The molecule has 9 heteroatoms. The summed E-state index contributed by atoms with van der Waals surface area (Å²) in [4.78, 5) is 35.0. The van der Waals surface area contributed by atoms with Gasteiger partial charge in [-0.1, -0.05) is 18.2 Å². The van der Waals surface area contributed by atoms with Gasteiger partial charge in [-0.25, -0.2) is 9.59 Å². The van der Waals surface area contributed by atoms with Crippen LogP contribution in [0.3, 0.4) is 0 Å². The third-order valence-electron chi connectivity index (χ3n) is 3.23. The van der Waals surface area contributed by atoms with Crippen LogP contribution in [0.2, 0.25) is 0 Å². The van der Waals surface area contributed by atoms with Crippen molar-refractivity contribution in [3.05, 3.63) is 70.0 Å².